The molecule has 2 N–H and O–H groups in total. The summed E-state index contributed by atoms with van der Waals surface area (Å²) in [6, 6.07) is 13.8. The van der Waals surface area contributed by atoms with Gasteiger partial charge in [-0.1, -0.05) is 36.4 Å². The molecule has 104 valence electrons. The molecule has 0 spiro atoms. The van der Waals surface area contributed by atoms with E-state index in [9.17, 15) is 9.18 Å². The molecular formula is C16H16FNO2. The van der Waals surface area contributed by atoms with Gasteiger partial charge in [-0.3, -0.25) is 0 Å². The highest BCUT2D eigenvalue weighted by atomic mass is 19.1. The Morgan fingerprint density at radius 2 is 1.80 bits per heavy atom. The van der Waals surface area contributed by atoms with Crippen LogP contribution in [0.15, 0.2) is 48.5 Å². The molecule has 2 aromatic rings. The van der Waals surface area contributed by atoms with Gasteiger partial charge in [-0.05, 0) is 37.1 Å². The molecule has 0 bridgehead atoms. The second-order valence-electron chi connectivity index (χ2n) is 5.12. The third-order valence-corrected chi connectivity index (χ3v) is 3.19. The molecule has 3 nitrogen and oxygen atoms in total. The summed E-state index contributed by atoms with van der Waals surface area (Å²) in [4.78, 5) is 10.8. The Morgan fingerprint density at radius 1 is 1.15 bits per heavy atom. The van der Waals surface area contributed by atoms with Crippen molar-refractivity contribution in [2.24, 2.45) is 0 Å². The lowest BCUT2D eigenvalue weighted by molar-refractivity contribution is 0.182. The molecule has 0 aromatic heterocycles. The van der Waals surface area contributed by atoms with Crippen molar-refractivity contribution in [3.63, 3.8) is 0 Å². The number of hydrogen-bond donors (Lipinski definition) is 2. The number of rotatable bonds is 3. The van der Waals surface area contributed by atoms with Gasteiger partial charge in [0.25, 0.3) is 0 Å². The number of amides is 1. The molecule has 2 rings (SSSR count). The van der Waals surface area contributed by atoms with Crippen molar-refractivity contribution in [2.75, 3.05) is 0 Å². The molecule has 0 fully saturated rings. The fourth-order valence-corrected chi connectivity index (χ4v) is 2.09. The monoisotopic (exact) mass is 273 g/mol. The maximum atomic E-state index is 14.0. The summed E-state index contributed by atoms with van der Waals surface area (Å²) in [7, 11) is 0. The zero-order valence-corrected chi connectivity index (χ0v) is 11.4. The Kier molecular flexibility index (Phi) is 3.74. The van der Waals surface area contributed by atoms with Crippen LogP contribution in [0.1, 0.15) is 19.4 Å². The van der Waals surface area contributed by atoms with Crippen LogP contribution in [0, 0.1) is 5.82 Å². The van der Waals surface area contributed by atoms with Crippen LogP contribution in [0.2, 0.25) is 0 Å². The Labute approximate surface area is 117 Å². The van der Waals surface area contributed by atoms with Gasteiger partial charge in [0.1, 0.15) is 5.82 Å². The first-order valence-corrected chi connectivity index (χ1v) is 6.27. The molecule has 0 aliphatic rings. The molecule has 0 heterocycles. The predicted octanol–water partition coefficient (Wildman–Crippen LogP) is 4.00. The Hall–Kier alpha value is -2.36. The first-order valence-electron chi connectivity index (χ1n) is 6.27. The number of hydrogen-bond acceptors (Lipinski definition) is 1. The molecular weight excluding hydrogens is 257 g/mol. The molecule has 0 radical (unpaired) electrons. The summed E-state index contributed by atoms with van der Waals surface area (Å²) in [5, 5.41) is 11.3. The molecule has 20 heavy (non-hydrogen) atoms. The van der Waals surface area contributed by atoms with Gasteiger partial charge in [0.15, 0.2) is 0 Å². The van der Waals surface area contributed by atoms with E-state index in [1.807, 2.05) is 30.3 Å². The van der Waals surface area contributed by atoms with Crippen molar-refractivity contribution in [2.45, 2.75) is 19.4 Å². The van der Waals surface area contributed by atoms with Crippen LogP contribution >= 0.6 is 0 Å². The fourth-order valence-electron chi connectivity index (χ4n) is 2.09. The molecule has 0 saturated heterocycles. The topological polar surface area (TPSA) is 49.3 Å². The normalized spacial score (nSPS) is 11.2. The largest absolute Gasteiger partial charge is 0.465 e. The minimum Gasteiger partial charge on any atom is -0.465 e. The molecule has 1 amide bonds. The van der Waals surface area contributed by atoms with Gasteiger partial charge in [0, 0.05) is 5.56 Å². The van der Waals surface area contributed by atoms with E-state index in [2.05, 4.69) is 5.32 Å². The predicted molar refractivity (Wildman–Crippen MR) is 76.0 cm³/mol. The van der Waals surface area contributed by atoms with Crippen LogP contribution in [0.3, 0.4) is 0 Å². The smallest absolute Gasteiger partial charge is 0.405 e. The van der Waals surface area contributed by atoms with Crippen LogP contribution in [0.5, 0.6) is 0 Å². The number of carboxylic acid groups (broad SMARTS) is 1. The van der Waals surface area contributed by atoms with Gasteiger partial charge < -0.3 is 10.4 Å². The van der Waals surface area contributed by atoms with Crippen LogP contribution in [-0.4, -0.2) is 11.2 Å². The van der Waals surface area contributed by atoms with Crippen molar-refractivity contribution < 1.29 is 14.3 Å². The fraction of sp³-hybridized carbons (Fsp3) is 0.188. The zero-order valence-electron chi connectivity index (χ0n) is 11.4. The van der Waals surface area contributed by atoms with Crippen molar-refractivity contribution in [1.82, 2.24) is 5.32 Å². The summed E-state index contributed by atoms with van der Waals surface area (Å²) < 4.78 is 14.0. The summed E-state index contributed by atoms with van der Waals surface area (Å²) in [6.45, 7) is 3.48. The van der Waals surface area contributed by atoms with Crippen molar-refractivity contribution in [1.29, 1.82) is 0 Å². The Morgan fingerprint density at radius 3 is 2.40 bits per heavy atom. The molecule has 4 heteroatoms. The maximum absolute atomic E-state index is 14.0. The maximum Gasteiger partial charge on any atom is 0.405 e. The average molecular weight is 273 g/mol. The van der Waals surface area contributed by atoms with Crippen LogP contribution in [0.25, 0.3) is 11.1 Å². The number of halogens is 1. The molecule has 0 aliphatic heterocycles. The van der Waals surface area contributed by atoms with Gasteiger partial charge >= 0.3 is 6.09 Å². The lowest BCUT2D eigenvalue weighted by atomic mass is 9.91. The van der Waals surface area contributed by atoms with Crippen LogP contribution in [0.4, 0.5) is 9.18 Å². The van der Waals surface area contributed by atoms with E-state index in [1.54, 1.807) is 26.0 Å². The van der Waals surface area contributed by atoms with Crippen LogP contribution in [-0.2, 0) is 5.54 Å². The van der Waals surface area contributed by atoms with Crippen molar-refractivity contribution in [3.05, 3.63) is 59.9 Å². The second-order valence-corrected chi connectivity index (χ2v) is 5.12. The summed E-state index contributed by atoms with van der Waals surface area (Å²) in [6.07, 6.45) is -1.11. The summed E-state index contributed by atoms with van der Waals surface area (Å²) in [5.41, 5.74) is 1.14. The molecule has 0 unspecified atom stereocenters. The Balaban J connectivity index is 2.46. The molecule has 0 aliphatic carbocycles. The van der Waals surface area contributed by atoms with E-state index in [0.29, 0.717) is 11.1 Å². The van der Waals surface area contributed by atoms with E-state index in [4.69, 9.17) is 5.11 Å². The van der Waals surface area contributed by atoms with E-state index in [0.717, 1.165) is 5.56 Å². The minimum atomic E-state index is -1.11. The summed E-state index contributed by atoms with van der Waals surface area (Å²) in [5.74, 6) is -0.328. The lowest BCUT2D eigenvalue weighted by Crippen LogP contribution is -2.40. The average Bonchev–Trinajstić information content (AvgIpc) is 2.38. The molecule has 2 aromatic carbocycles. The molecule has 0 saturated carbocycles. The van der Waals surface area contributed by atoms with Gasteiger partial charge in [0.05, 0.1) is 5.54 Å². The van der Waals surface area contributed by atoms with Gasteiger partial charge in [0.2, 0.25) is 0 Å². The standard InChI is InChI=1S/C16H16FNO2/c1-16(2,18-15(19)20)12-8-9-14(17)13(10-12)11-6-4-3-5-7-11/h3-10,18H,1-2H3,(H,19,20). The van der Waals surface area contributed by atoms with Gasteiger partial charge in [-0.2, -0.15) is 0 Å². The highest BCUT2D eigenvalue weighted by Crippen LogP contribution is 2.28. The Bertz CT molecular complexity index is 624. The van der Waals surface area contributed by atoms with Crippen molar-refractivity contribution in [3.8, 4) is 11.1 Å². The number of benzene rings is 2. The highest BCUT2D eigenvalue weighted by Gasteiger charge is 2.23. The highest BCUT2D eigenvalue weighted by molar-refractivity contribution is 5.68. The van der Waals surface area contributed by atoms with E-state index in [1.165, 1.54) is 6.07 Å². The SMILES string of the molecule is CC(C)(NC(=O)O)c1ccc(F)c(-c2ccccc2)c1. The van der Waals surface area contributed by atoms with E-state index >= 15 is 0 Å². The van der Waals surface area contributed by atoms with Gasteiger partial charge in [-0.25, -0.2) is 9.18 Å². The second kappa shape index (κ2) is 5.33. The van der Waals surface area contributed by atoms with Crippen LogP contribution < -0.4 is 5.32 Å². The number of carbonyl (C=O) groups is 1. The minimum absolute atomic E-state index is 0.328. The third-order valence-electron chi connectivity index (χ3n) is 3.19. The first kappa shape index (κ1) is 14.1. The van der Waals surface area contributed by atoms with E-state index in [-0.39, 0.29) is 5.82 Å². The van der Waals surface area contributed by atoms with E-state index < -0.39 is 11.6 Å². The first-order chi connectivity index (χ1) is 9.40. The third kappa shape index (κ3) is 2.96. The quantitative estimate of drug-likeness (QED) is 0.888. The van der Waals surface area contributed by atoms with Gasteiger partial charge in [-0.15, -0.1) is 0 Å². The molecule has 0 atom stereocenters. The van der Waals surface area contributed by atoms with Crippen molar-refractivity contribution >= 4 is 6.09 Å². The number of nitrogens with one attached hydrogen (secondary N) is 1. The summed E-state index contributed by atoms with van der Waals surface area (Å²) >= 11 is 0. The lowest BCUT2D eigenvalue weighted by Gasteiger charge is -2.25. The zero-order chi connectivity index (χ0) is 14.8.